The maximum Gasteiger partial charge on any atom is 0.260 e. The van der Waals surface area contributed by atoms with E-state index in [4.69, 9.17) is 0 Å². The molecule has 0 amide bonds. The highest BCUT2D eigenvalue weighted by molar-refractivity contribution is 7.89. The monoisotopic (exact) mass is 333 g/mol. The number of aromatic amines is 1. The summed E-state index contributed by atoms with van der Waals surface area (Å²) in [7, 11) is -3.52. The fourth-order valence-electron chi connectivity index (χ4n) is 3.30. The standard InChI is InChI=1S/C17H23N3O2S/c1-4-15-18-10-16(19-15)23(21,22)20-11-14(17(2,3)12-20)13-8-6-5-7-9-13/h5-10,14H,4,11-12H2,1-3H3,(H,18,19). The molecule has 0 aliphatic carbocycles. The minimum Gasteiger partial charge on any atom is -0.332 e. The topological polar surface area (TPSA) is 66.1 Å². The number of sulfonamides is 1. The summed E-state index contributed by atoms with van der Waals surface area (Å²) in [6, 6.07) is 10.1. The maximum absolute atomic E-state index is 12.9. The van der Waals surface area contributed by atoms with Gasteiger partial charge in [-0.05, 0) is 11.0 Å². The van der Waals surface area contributed by atoms with Gasteiger partial charge in [-0.1, -0.05) is 51.1 Å². The van der Waals surface area contributed by atoms with E-state index in [-0.39, 0.29) is 16.4 Å². The largest absolute Gasteiger partial charge is 0.332 e. The van der Waals surface area contributed by atoms with E-state index in [2.05, 4.69) is 35.9 Å². The van der Waals surface area contributed by atoms with Crippen LogP contribution in [0, 0.1) is 5.41 Å². The van der Waals surface area contributed by atoms with Crippen LogP contribution in [0.4, 0.5) is 0 Å². The Labute approximate surface area is 137 Å². The average molecular weight is 333 g/mol. The predicted octanol–water partition coefficient (Wildman–Crippen LogP) is 2.79. The van der Waals surface area contributed by atoms with E-state index in [1.54, 1.807) is 4.31 Å². The number of imidazole rings is 1. The Bertz CT molecular complexity index is 781. The van der Waals surface area contributed by atoms with Crippen LogP contribution in [0.3, 0.4) is 0 Å². The molecule has 0 saturated carbocycles. The Morgan fingerprint density at radius 2 is 2.00 bits per heavy atom. The van der Waals surface area contributed by atoms with Gasteiger partial charge in [0.2, 0.25) is 0 Å². The molecule has 0 radical (unpaired) electrons. The lowest BCUT2D eigenvalue weighted by atomic mass is 9.78. The van der Waals surface area contributed by atoms with Gasteiger partial charge >= 0.3 is 0 Å². The summed E-state index contributed by atoms with van der Waals surface area (Å²) < 4.78 is 27.3. The SMILES string of the molecule is CCc1ncc(S(=O)(=O)N2CC(c3ccccc3)C(C)(C)C2)[nH]1. The zero-order chi connectivity index (χ0) is 16.7. The lowest BCUT2D eigenvalue weighted by Gasteiger charge is -2.25. The van der Waals surface area contributed by atoms with E-state index < -0.39 is 10.0 Å². The van der Waals surface area contributed by atoms with Gasteiger partial charge in [0.1, 0.15) is 5.82 Å². The summed E-state index contributed by atoms with van der Waals surface area (Å²) in [5.41, 5.74) is 1.08. The molecule has 23 heavy (non-hydrogen) atoms. The third kappa shape index (κ3) is 2.93. The van der Waals surface area contributed by atoms with Crippen LogP contribution in [0.5, 0.6) is 0 Å². The first-order chi connectivity index (χ1) is 10.8. The average Bonchev–Trinajstić information content (AvgIpc) is 3.12. The second-order valence-electron chi connectivity index (χ2n) is 6.80. The van der Waals surface area contributed by atoms with Crippen molar-refractivity contribution in [1.82, 2.24) is 14.3 Å². The number of H-pyrrole nitrogens is 1. The number of aromatic nitrogens is 2. The highest BCUT2D eigenvalue weighted by Crippen LogP contribution is 2.43. The fourth-order valence-corrected chi connectivity index (χ4v) is 4.86. The Hall–Kier alpha value is -1.66. The van der Waals surface area contributed by atoms with Gasteiger partial charge in [-0.15, -0.1) is 0 Å². The van der Waals surface area contributed by atoms with E-state index in [1.807, 2.05) is 25.1 Å². The van der Waals surface area contributed by atoms with Crippen molar-refractivity contribution in [3.63, 3.8) is 0 Å². The van der Waals surface area contributed by atoms with Crippen molar-refractivity contribution < 1.29 is 8.42 Å². The third-order valence-corrected chi connectivity index (χ3v) is 6.39. The molecule has 1 atom stereocenters. The summed E-state index contributed by atoms with van der Waals surface area (Å²) in [4.78, 5) is 7.05. The predicted molar refractivity (Wildman–Crippen MR) is 89.7 cm³/mol. The second-order valence-corrected chi connectivity index (χ2v) is 8.70. The number of nitrogens with one attached hydrogen (secondary N) is 1. The number of hydrogen-bond donors (Lipinski definition) is 1. The van der Waals surface area contributed by atoms with Gasteiger partial charge in [0.05, 0.1) is 6.20 Å². The van der Waals surface area contributed by atoms with Crippen molar-refractivity contribution in [2.75, 3.05) is 13.1 Å². The molecule has 3 rings (SSSR count). The molecule has 0 spiro atoms. The minimum atomic E-state index is -3.52. The molecular formula is C17H23N3O2S. The van der Waals surface area contributed by atoms with Crippen LogP contribution >= 0.6 is 0 Å². The van der Waals surface area contributed by atoms with Gasteiger partial charge < -0.3 is 4.98 Å². The van der Waals surface area contributed by atoms with Crippen molar-refractivity contribution in [3.05, 3.63) is 47.9 Å². The second kappa shape index (κ2) is 5.76. The van der Waals surface area contributed by atoms with Gasteiger partial charge in [0.25, 0.3) is 10.0 Å². The third-order valence-electron chi connectivity index (χ3n) is 4.67. The van der Waals surface area contributed by atoms with Crippen molar-refractivity contribution in [2.24, 2.45) is 5.41 Å². The van der Waals surface area contributed by atoms with Crippen LogP contribution in [-0.4, -0.2) is 35.8 Å². The number of nitrogens with zero attached hydrogens (tertiary/aromatic N) is 2. The van der Waals surface area contributed by atoms with Crippen LogP contribution < -0.4 is 0 Å². The van der Waals surface area contributed by atoms with Gasteiger partial charge in [-0.2, -0.15) is 4.31 Å². The Kier molecular flexibility index (Phi) is 4.06. The van der Waals surface area contributed by atoms with Crippen LogP contribution in [-0.2, 0) is 16.4 Å². The Morgan fingerprint density at radius 3 is 2.61 bits per heavy atom. The van der Waals surface area contributed by atoms with Crippen molar-refractivity contribution in [3.8, 4) is 0 Å². The fraction of sp³-hybridized carbons (Fsp3) is 0.471. The highest BCUT2D eigenvalue weighted by atomic mass is 32.2. The van der Waals surface area contributed by atoms with E-state index in [9.17, 15) is 8.42 Å². The Morgan fingerprint density at radius 1 is 1.30 bits per heavy atom. The first-order valence-electron chi connectivity index (χ1n) is 7.93. The van der Waals surface area contributed by atoms with Crippen LogP contribution in [0.1, 0.15) is 38.1 Å². The lowest BCUT2D eigenvalue weighted by molar-refractivity contribution is 0.346. The molecule has 6 heteroatoms. The van der Waals surface area contributed by atoms with Gasteiger partial charge in [-0.3, -0.25) is 0 Å². The summed E-state index contributed by atoms with van der Waals surface area (Å²) >= 11 is 0. The molecule has 1 saturated heterocycles. The van der Waals surface area contributed by atoms with Crippen molar-refractivity contribution in [2.45, 2.75) is 38.1 Å². The molecule has 2 aromatic rings. The highest BCUT2D eigenvalue weighted by Gasteiger charge is 2.45. The summed E-state index contributed by atoms with van der Waals surface area (Å²) in [6.45, 7) is 7.21. The normalized spacial score (nSPS) is 21.6. The van der Waals surface area contributed by atoms with Gasteiger partial charge in [-0.25, -0.2) is 13.4 Å². The molecule has 1 fully saturated rings. The van der Waals surface area contributed by atoms with E-state index in [0.29, 0.717) is 25.3 Å². The molecule has 0 bridgehead atoms. The lowest BCUT2D eigenvalue weighted by Crippen LogP contribution is -2.30. The van der Waals surface area contributed by atoms with Crippen molar-refractivity contribution >= 4 is 10.0 Å². The van der Waals surface area contributed by atoms with Crippen LogP contribution in [0.25, 0.3) is 0 Å². The zero-order valence-corrected chi connectivity index (χ0v) is 14.6. The van der Waals surface area contributed by atoms with Gasteiger partial charge in [0.15, 0.2) is 5.03 Å². The smallest absolute Gasteiger partial charge is 0.260 e. The molecule has 124 valence electrons. The number of aryl methyl sites for hydroxylation is 1. The summed E-state index contributed by atoms with van der Waals surface area (Å²) in [5, 5.41) is 0.193. The number of benzene rings is 1. The number of hydrogen-bond acceptors (Lipinski definition) is 3. The molecule has 1 unspecified atom stereocenters. The van der Waals surface area contributed by atoms with Gasteiger partial charge in [0, 0.05) is 25.4 Å². The quantitative estimate of drug-likeness (QED) is 0.935. The molecule has 5 nitrogen and oxygen atoms in total. The molecule has 2 heterocycles. The molecule has 1 aromatic heterocycles. The van der Waals surface area contributed by atoms with Crippen molar-refractivity contribution in [1.29, 1.82) is 0 Å². The van der Waals surface area contributed by atoms with E-state index >= 15 is 0 Å². The molecule has 1 N–H and O–H groups in total. The summed E-state index contributed by atoms with van der Waals surface area (Å²) in [6.07, 6.45) is 2.12. The molecule has 1 aliphatic rings. The van der Waals surface area contributed by atoms with Crippen LogP contribution in [0.15, 0.2) is 41.6 Å². The Balaban J connectivity index is 1.90. The molecular weight excluding hydrogens is 310 g/mol. The maximum atomic E-state index is 12.9. The number of rotatable bonds is 4. The van der Waals surface area contributed by atoms with Crippen LogP contribution in [0.2, 0.25) is 0 Å². The first kappa shape index (κ1) is 16.2. The minimum absolute atomic E-state index is 0.109. The molecule has 1 aliphatic heterocycles. The zero-order valence-electron chi connectivity index (χ0n) is 13.8. The van der Waals surface area contributed by atoms with E-state index in [0.717, 1.165) is 0 Å². The van der Waals surface area contributed by atoms with E-state index in [1.165, 1.54) is 11.8 Å². The summed E-state index contributed by atoms with van der Waals surface area (Å²) in [5.74, 6) is 0.883. The first-order valence-corrected chi connectivity index (χ1v) is 9.37. The molecule has 1 aromatic carbocycles.